The van der Waals surface area contributed by atoms with E-state index >= 15 is 0 Å². The van der Waals surface area contributed by atoms with Gasteiger partial charge in [-0.25, -0.2) is 0 Å². The third-order valence-corrected chi connectivity index (χ3v) is 1.87. The fraction of sp³-hybridized carbons (Fsp3) is 0.250. The molecule has 0 aromatic heterocycles. The summed E-state index contributed by atoms with van der Waals surface area (Å²) in [6.45, 7) is 1.78. The standard InChI is InChI=1S/C8H9ClO2/c1-5-3-4-6(11-2)7(9)8(5)10/h3-4,10H,1-2H3. The number of aryl methyl sites for hydroxylation is 1. The molecular formula is C8H9ClO2. The Bertz CT molecular complexity index is 271. The highest BCUT2D eigenvalue weighted by Crippen LogP contribution is 2.35. The van der Waals surface area contributed by atoms with E-state index in [0.29, 0.717) is 5.75 Å². The largest absolute Gasteiger partial charge is 0.506 e. The molecule has 3 heteroatoms. The summed E-state index contributed by atoms with van der Waals surface area (Å²) in [5.74, 6) is 0.584. The van der Waals surface area contributed by atoms with E-state index in [1.165, 1.54) is 7.11 Å². The van der Waals surface area contributed by atoms with E-state index in [9.17, 15) is 5.11 Å². The average molecular weight is 173 g/mol. The van der Waals surface area contributed by atoms with E-state index < -0.39 is 0 Å². The van der Waals surface area contributed by atoms with Crippen LogP contribution < -0.4 is 4.74 Å². The predicted octanol–water partition coefficient (Wildman–Crippen LogP) is 2.36. The Morgan fingerprint density at radius 1 is 1.45 bits per heavy atom. The number of hydrogen-bond donors (Lipinski definition) is 1. The van der Waals surface area contributed by atoms with E-state index in [1.54, 1.807) is 19.1 Å². The van der Waals surface area contributed by atoms with Crippen molar-refractivity contribution in [3.05, 3.63) is 22.7 Å². The SMILES string of the molecule is COc1ccc(C)c(O)c1Cl. The van der Waals surface area contributed by atoms with Crippen LogP contribution in [-0.2, 0) is 0 Å². The van der Waals surface area contributed by atoms with Crippen LogP contribution in [0.25, 0.3) is 0 Å². The molecule has 0 heterocycles. The van der Waals surface area contributed by atoms with Crippen molar-refractivity contribution >= 4 is 11.6 Å². The Kier molecular flexibility index (Phi) is 2.25. The molecule has 1 aromatic rings. The Hall–Kier alpha value is -0.890. The Morgan fingerprint density at radius 2 is 2.09 bits per heavy atom. The van der Waals surface area contributed by atoms with Gasteiger partial charge in [0.25, 0.3) is 0 Å². The van der Waals surface area contributed by atoms with Crippen molar-refractivity contribution in [1.82, 2.24) is 0 Å². The number of phenols is 1. The van der Waals surface area contributed by atoms with Gasteiger partial charge < -0.3 is 9.84 Å². The van der Waals surface area contributed by atoms with Crippen LogP contribution in [0.1, 0.15) is 5.56 Å². The maximum atomic E-state index is 9.31. The maximum absolute atomic E-state index is 9.31. The fourth-order valence-corrected chi connectivity index (χ4v) is 1.09. The highest BCUT2D eigenvalue weighted by atomic mass is 35.5. The second-order valence-electron chi connectivity index (χ2n) is 2.25. The molecule has 0 unspecified atom stereocenters. The molecule has 0 amide bonds. The molecule has 0 radical (unpaired) electrons. The minimum atomic E-state index is 0.0889. The van der Waals surface area contributed by atoms with E-state index in [0.717, 1.165) is 5.56 Å². The van der Waals surface area contributed by atoms with Gasteiger partial charge in [-0.15, -0.1) is 0 Å². The molecule has 0 bridgehead atoms. The zero-order valence-corrected chi connectivity index (χ0v) is 7.14. The molecule has 1 aromatic carbocycles. The topological polar surface area (TPSA) is 29.5 Å². The van der Waals surface area contributed by atoms with Crippen molar-refractivity contribution in [2.24, 2.45) is 0 Å². The molecule has 0 saturated heterocycles. The lowest BCUT2D eigenvalue weighted by atomic mass is 10.2. The van der Waals surface area contributed by atoms with Gasteiger partial charge in [-0.1, -0.05) is 17.7 Å². The van der Waals surface area contributed by atoms with Crippen LogP contribution in [0.5, 0.6) is 11.5 Å². The van der Waals surface area contributed by atoms with Gasteiger partial charge in [0.2, 0.25) is 0 Å². The molecule has 0 atom stereocenters. The molecule has 1 N–H and O–H groups in total. The highest BCUT2D eigenvalue weighted by molar-refractivity contribution is 6.33. The van der Waals surface area contributed by atoms with E-state index in [-0.39, 0.29) is 10.8 Å². The van der Waals surface area contributed by atoms with Crippen LogP contribution in [0.2, 0.25) is 5.02 Å². The summed E-state index contributed by atoms with van der Waals surface area (Å²) in [6, 6.07) is 3.47. The van der Waals surface area contributed by atoms with E-state index in [4.69, 9.17) is 16.3 Å². The first-order valence-electron chi connectivity index (χ1n) is 3.19. The lowest BCUT2D eigenvalue weighted by Crippen LogP contribution is -1.85. The molecule has 2 nitrogen and oxygen atoms in total. The van der Waals surface area contributed by atoms with Gasteiger partial charge in [-0.05, 0) is 18.6 Å². The van der Waals surface area contributed by atoms with E-state index in [1.807, 2.05) is 0 Å². The molecule has 60 valence electrons. The number of aromatic hydroxyl groups is 1. The van der Waals surface area contributed by atoms with Crippen molar-refractivity contribution in [1.29, 1.82) is 0 Å². The van der Waals surface area contributed by atoms with Crippen molar-refractivity contribution in [2.45, 2.75) is 6.92 Å². The Balaban J connectivity index is 3.25. The molecule has 0 spiro atoms. The fourth-order valence-electron chi connectivity index (χ4n) is 0.800. The van der Waals surface area contributed by atoms with Crippen molar-refractivity contribution in [3.8, 4) is 11.5 Å². The monoisotopic (exact) mass is 172 g/mol. The smallest absolute Gasteiger partial charge is 0.141 e. The number of benzene rings is 1. The summed E-state index contributed by atoms with van der Waals surface area (Å²) in [4.78, 5) is 0. The second-order valence-corrected chi connectivity index (χ2v) is 2.63. The molecule has 0 aliphatic carbocycles. The lowest BCUT2D eigenvalue weighted by molar-refractivity contribution is 0.407. The maximum Gasteiger partial charge on any atom is 0.141 e. The second kappa shape index (κ2) is 3.01. The van der Waals surface area contributed by atoms with Crippen LogP contribution in [0.3, 0.4) is 0 Å². The van der Waals surface area contributed by atoms with Gasteiger partial charge in [0, 0.05) is 0 Å². The molecule has 0 aliphatic rings. The van der Waals surface area contributed by atoms with Gasteiger partial charge in [0.05, 0.1) is 7.11 Å². The van der Waals surface area contributed by atoms with Gasteiger partial charge in [0.15, 0.2) is 0 Å². The third kappa shape index (κ3) is 1.40. The van der Waals surface area contributed by atoms with Crippen LogP contribution in [0, 0.1) is 6.92 Å². The predicted molar refractivity (Wildman–Crippen MR) is 44.4 cm³/mol. The van der Waals surface area contributed by atoms with Crippen molar-refractivity contribution in [2.75, 3.05) is 7.11 Å². The summed E-state index contributed by atoms with van der Waals surface area (Å²) in [5.41, 5.74) is 0.746. The molecule has 0 aliphatic heterocycles. The molecule has 0 fully saturated rings. The minimum absolute atomic E-state index is 0.0889. The lowest BCUT2D eigenvalue weighted by Gasteiger charge is -2.05. The number of methoxy groups -OCH3 is 1. The number of phenolic OH excluding ortho intramolecular Hbond substituents is 1. The minimum Gasteiger partial charge on any atom is -0.506 e. The first kappa shape index (κ1) is 8.21. The normalized spacial score (nSPS) is 9.73. The van der Waals surface area contributed by atoms with Crippen LogP contribution in [0.4, 0.5) is 0 Å². The number of halogens is 1. The summed E-state index contributed by atoms with van der Waals surface area (Å²) >= 11 is 5.72. The van der Waals surface area contributed by atoms with Gasteiger partial charge in [0.1, 0.15) is 16.5 Å². The van der Waals surface area contributed by atoms with Crippen LogP contribution >= 0.6 is 11.6 Å². The van der Waals surface area contributed by atoms with Gasteiger partial charge in [-0.2, -0.15) is 0 Å². The third-order valence-electron chi connectivity index (χ3n) is 1.50. The van der Waals surface area contributed by atoms with Crippen LogP contribution in [-0.4, -0.2) is 12.2 Å². The summed E-state index contributed by atoms with van der Waals surface area (Å²) in [7, 11) is 1.51. The zero-order valence-electron chi connectivity index (χ0n) is 6.39. The molecular weight excluding hydrogens is 164 g/mol. The average Bonchev–Trinajstić information content (AvgIpc) is 2.01. The first-order valence-corrected chi connectivity index (χ1v) is 3.56. The van der Waals surface area contributed by atoms with Crippen molar-refractivity contribution < 1.29 is 9.84 Å². The number of hydrogen-bond acceptors (Lipinski definition) is 2. The first-order chi connectivity index (χ1) is 5.16. The Labute approximate surface area is 70.4 Å². The van der Waals surface area contributed by atoms with Crippen LogP contribution in [0.15, 0.2) is 12.1 Å². The van der Waals surface area contributed by atoms with Gasteiger partial charge >= 0.3 is 0 Å². The quantitative estimate of drug-likeness (QED) is 0.705. The summed E-state index contributed by atoms with van der Waals surface area (Å²) < 4.78 is 4.89. The van der Waals surface area contributed by atoms with Gasteiger partial charge in [-0.3, -0.25) is 0 Å². The zero-order chi connectivity index (χ0) is 8.43. The van der Waals surface area contributed by atoms with Crippen molar-refractivity contribution in [3.63, 3.8) is 0 Å². The Morgan fingerprint density at radius 3 is 2.64 bits per heavy atom. The van der Waals surface area contributed by atoms with E-state index in [2.05, 4.69) is 0 Å². The highest BCUT2D eigenvalue weighted by Gasteiger charge is 2.07. The number of rotatable bonds is 1. The molecule has 11 heavy (non-hydrogen) atoms. The summed E-state index contributed by atoms with van der Waals surface area (Å²) in [5, 5.41) is 9.58. The molecule has 0 saturated carbocycles. The summed E-state index contributed by atoms with van der Waals surface area (Å²) in [6.07, 6.45) is 0. The molecule has 1 rings (SSSR count). The number of ether oxygens (including phenoxy) is 1.